The highest BCUT2D eigenvalue weighted by Crippen LogP contribution is 2.45. The van der Waals surface area contributed by atoms with E-state index in [0.717, 1.165) is 18.4 Å². The first kappa shape index (κ1) is 9.87. The quantitative estimate of drug-likeness (QED) is 0.869. The Bertz CT molecular complexity index is 517. The first-order valence-electron chi connectivity index (χ1n) is 5.20. The van der Waals surface area contributed by atoms with Gasteiger partial charge in [-0.05, 0) is 36.6 Å². The van der Waals surface area contributed by atoms with Crippen LogP contribution in [0.5, 0.6) is 0 Å². The van der Waals surface area contributed by atoms with Crippen LogP contribution in [0.4, 0.5) is 0 Å². The van der Waals surface area contributed by atoms with Crippen LogP contribution in [0.3, 0.4) is 0 Å². The molecule has 1 heterocycles. The van der Waals surface area contributed by atoms with E-state index in [1.54, 1.807) is 0 Å². The molecule has 2 N–H and O–H groups in total. The highest BCUT2D eigenvalue weighted by Gasteiger charge is 2.45. The molecular weight excluding hydrogens is 224 g/mol. The smallest absolute Gasteiger partial charge is 0.228 e. The zero-order chi connectivity index (χ0) is 11.2. The fourth-order valence-electron chi connectivity index (χ4n) is 1.68. The van der Waals surface area contributed by atoms with Gasteiger partial charge >= 0.3 is 0 Å². The number of nitrogens with two attached hydrogens (primary N) is 1. The van der Waals surface area contributed by atoms with E-state index in [9.17, 15) is 0 Å². The summed E-state index contributed by atoms with van der Waals surface area (Å²) in [6.45, 7) is 0. The second kappa shape index (κ2) is 3.34. The van der Waals surface area contributed by atoms with Crippen LogP contribution in [-0.2, 0) is 5.54 Å². The molecule has 1 aromatic heterocycles. The Labute approximate surface area is 98.2 Å². The lowest BCUT2D eigenvalue weighted by molar-refractivity contribution is 0.570. The lowest BCUT2D eigenvalue weighted by Crippen LogP contribution is -2.19. The summed E-state index contributed by atoms with van der Waals surface area (Å²) in [7, 11) is 0. The Morgan fingerprint density at radius 1 is 1.25 bits per heavy atom. The maximum Gasteiger partial charge on any atom is 0.228 e. The van der Waals surface area contributed by atoms with E-state index in [1.807, 2.05) is 30.3 Å². The highest BCUT2D eigenvalue weighted by atomic mass is 35.5. The molecule has 0 atom stereocenters. The van der Waals surface area contributed by atoms with Gasteiger partial charge < -0.3 is 10.2 Å². The Hall–Kier alpha value is -1.32. The number of oxazole rings is 1. The molecule has 1 saturated carbocycles. The Morgan fingerprint density at radius 2 is 1.94 bits per heavy atom. The number of rotatable bonds is 2. The molecule has 3 rings (SSSR count). The van der Waals surface area contributed by atoms with Crippen LogP contribution in [0.2, 0.25) is 5.22 Å². The van der Waals surface area contributed by atoms with Crippen molar-refractivity contribution in [3.05, 3.63) is 41.2 Å². The third kappa shape index (κ3) is 1.52. The topological polar surface area (TPSA) is 52.0 Å². The van der Waals surface area contributed by atoms with Crippen molar-refractivity contribution in [2.45, 2.75) is 18.4 Å². The van der Waals surface area contributed by atoms with Crippen LogP contribution in [0.25, 0.3) is 11.5 Å². The standard InChI is InChI=1S/C12H11ClN2O/c13-10-9(12(14)6-7-12)15-11(16-10)8-4-2-1-3-5-8/h1-5H,6-7,14H2. The van der Waals surface area contributed by atoms with Crippen LogP contribution in [0, 0.1) is 0 Å². The number of hydrogen-bond donors (Lipinski definition) is 1. The number of benzene rings is 1. The van der Waals surface area contributed by atoms with Gasteiger partial charge in [0.05, 0.1) is 5.54 Å². The molecule has 1 aliphatic carbocycles. The summed E-state index contributed by atoms with van der Waals surface area (Å²) in [5.74, 6) is 0.539. The Kier molecular flexibility index (Phi) is 2.06. The highest BCUT2D eigenvalue weighted by molar-refractivity contribution is 6.29. The summed E-state index contributed by atoms with van der Waals surface area (Å²) in [5.41, 5.74) is 7.30. The van der Waals surface area contributed by atoms with Crippen molar-refractivity contribution in [1.82, 2.24) is 4.98 Å². The van der Waals surface area contributed by atoms with Gasteiger partial charge in [-0.2, -0.15) is 0 Å². The lowest BCUT2D eigenvalue weighted by Gasteiger charge is -2.01. The Morgan fingerprint density at radius 3 is 2.56 bits per heavy atom. The minimum Gasteiger partial charge on any atom is -0.424 e. The first-order chi connectivity index (χ1) is 7.69. The molecule has 4 heteroatoms. The second-order valence-electron chi connectivity index (χ2n) is 4.16. The average molecular weight is 235 g/mol. The van der Waals surface area contributed by atoms with Crippen molar-refractivity contribution in [2.75, 3.05) is 0 Å². The fourth-order valence-corrected chi connectivity index (χ4v) is 1.99. The number of halogens is 1. The molecule has 1 aromatic carbocycles. The van der Waals surface area contributed by atoms with Gasteiger partial charge in [-0.15, -0.1) is 0 Å². The van der Waals surface area contributed by atoms with Crippen molar-refractivity contribution in [3.8, 4) is 11.5 Å². The summed E-state index contributed by atoms with van der Waals surface area (Å²) in [4.78, 5) is 4.39. The maximum absolute atomic E-state index is 6.05. The van der Waals surface area contributed by atoms with Crippen molar-refractivity contribution >= 4 is 11.6 Å². The predicted octanol–water partition coefficient (Wildman–Crippen LogP) is 2.94. The molecular formula is C12H11ClN2O. The molecule has 3 nitrogen and oxygen atoms in total. The molecule has 0 amide bonds. The van der Waals surface area contributed by atoms with Crippen molar-refractivity contribution in [1.29, 1.82) is 0 Å². The van der Waals surface area contributed by atoms with Gasteiger partial charge in [0.25, 0.3) is 0 Å². The summed E-state index contributed by atoms with van der Waals surface area (Å²) < 4.78 is 5.44. The third-order valence-electron chi connectivity index (χ3n) is 2.87. The molecule has 1 fully saturated rings. The zero-order valence-electron chi connectivity index (χ0n) is 8.61. The molecule has 0 unspecified atom stereocenters. The minimum absolute atomic E-state index is 0.318. The monoisotopic (exact) mass is 234 g/mol. The Balaban J connectivity index is 2.05. The second-order valence-corrected chi connectivity index (χ2v) is 4.51. The van der Waals surface area contributed by atoms with Crippen LogP contribution in [0.15, 0.2) is 34.7 Å². The van der Waals surface area contributed by atoms with Gasteiger partial charge in [0.15, 0.2) is 0 Å². The normalized spacial score (nSPS) is 17.4. The van der Waals surface area contributed by atoms with Gasteiger partial charge in [0, 0.05) is 5.56 Å². The molecule has 16 heavy (non-hydrogen) atoms. The fraction of sp³-hybridized carbons (Fsp3) is 0.250. The molecule has 2 aromatic rings. The summed E-state index contributed by atoms with van der Waals surface area (Å²) in [5, 5.41) is 0.318. The number of nitrogens with zero attached hydrogens (tertiary/aromatic N) is 1. The molecule has 0 radical (unpaired) electrons. The van der Waals surface area contributed by atoms with Crippen LogP contribution >= 0.6 is 11.6 Å². The van der Waals surface area contributed by atoms with Crippen LogP contribution in [-0.4, -0.2) is 4.98 Å². The lowest BCUT2D eigenvalue weighted by atomic mass is 10.2. The summed E-state index contributed by atoms with van der Waals surface area (Å²) >= 11 is 6.01. The van der Waals surface area contributed by atoms with Crippen LogP contribution in [0.1, 0.15) is 18.5 Å². The molecule has 0 bridgehead atoms. The maximum atomic E-state index is 6.05. The van der Waals surface area contributed by atoms with E-state index in [4.69, 9.17) is 21.8 Å². The number of aromatic nitrogens is 1. The van der Waals surface area contributed by atoms with Crippen molar-refractivity contribution in [2.24, 2.45) is 5.73 Å². The summed E-state index contributed by atoms with van der Waals surface area (Å²) in [6.07, 6.45) is 1.85. The third-order valence-corrected chi connectivity index (χ3v) is 3.12. The van der Waals surface area contributed by atoms with Crippen LogP contribution < -0.4 is 5.73 Å². The van der Waals surface area contributed by atoms with E-state index < -0.39 is 0 Å². The van der Waals surface area contributed by atoms with E-state index in [2.05, 4.69) is 4.98 Å². The van der Waals surface area contributed by atoms with Gasteiger partial charge in [-0.25, -0.2) is 4.98 Å². The van der Waals surface area contributed by atoms with Gasteiger partial charge in [0.2, 0.25) is 11.1 Å². The molecule has 1 aliphatic rings. The van der Waals surface area contributed by atoms with E-state index in [-0.39, 0.29) is 5.54 Å². The molecule has 0 spiro atoms. The zero-order valence-corrected chi connectivity index (χ0v) is 9.37. The van der Waals surface area contributed by atoms with Gasteiger partial charge in [0.1, 0.15) is 5.69 Å². The van der Waals surface area contributed by atoms with Crippen molar-refractivity contribution in [3.63, 3.8) is 0 Å². The molecule has 82 valence electrons. The SMILES string of the molecule is NC1(c2nc(-c3ccccc3)oc2Cl)CC1. The number of hydrogen-bond acceptors (Lipinski definition) is 3. The van der Waals surface area contributed by atoms with E-state index in [0.29, 0.717) is 16.8 Å². The largest absolute Gasteiger partial charge is 0.424 e. The first-order valence-corrected chi connectivity index (χ1v) is 5.58. The van der Waals surface area contributed by atoms with E-state index in [1.165, 1.54) is 0 Å². The van der Waals surface area contributed by atoms with Gasteiger partial charge in [-0.1, -0.05) is 18.2 Å². The predicted molar refractivity (Wildman–Crippen MR) is 62.0 cm³/mol. The molecule has 0 aliphatic heterocycles. The summed E-state index contributed by atoms with van der Waals surface area (Å²) in [6, 6.07) is 9.68. The van der Waals surface area contributed by atoms with Crippen molar-refractivity contribution < 1.29 is 4.42 Å². The van der Waals surface area contributed by atoms with Gasteiger partial charge in [-0.3, -0.25) is 0 Å². The average Bonchev–Trinajstić information content (AvgIpc) is 2.91. The minimum atomic E-state index is -0.354. The van der Waals surface area contributed by atoms with E-state index >= 15 is 0 Å². The molecule has 0 saturated heterocycles.